The van der Waals surface area contributed by atoms with Gasteiger partial charge in [0.2, 0.25) is 0 Å². The number of aromatic nitrogens is 1. The molecule has 19 heavy (non-hydrogen) atoms. The Labute approximate surface area is 119 Å². The predicted molar refractivity (Wildman–Crippen MR) is 78.8 cm³/mol. The summed E-state index contributed by atoms with van der Waals surface area (Å²) in [6.07, 6.45) is 9.19. The lowest BCUT2D eigenvalue weighted by Crippen LogP contribution is -2.11. The third-order valence-electron chi connectivity index (χ3n) is 3.71. The zero-order chi connectivity index (χ0) is 13.1. The molecule has 1 aromatic heterocycles. The van der Waals surface area contributed by atoms with Crippen molar-refractivity contribution in [3.63, 3.8) is 0 Å². The predicted octanol–water partition coefficient (Wildman–Crippen LogP) is 4.55. The molecule has 2 nitrogen and oxygen atoms in total. The molecule has 0 unspecified atom stereocenters. The van der Waals surface area contributed by atoms with Gasteiger partial charge in [-0.15, -0.1) is 0 Å². The summed E-state index contributed by atoms with van der Waals surface area (Å²) in [5.41, 5.74) is 1.57. The number of nitrogens with zero attached hydrogens (tertiary/aromatic N) is 1. The van der Waals surface area contributed by atoms with Crippen molar-refractivity contribution in [2.45, 2.75) is 37.6 Å². The zero-order valence-electron chi connectivity index (χ0n) is 11.3. The van der Waals surface area contributed by atoms with Crippen LogP contribution < -0.4 is 0 Å². The summed E-state index contributed by atoms with van der Waals surface area (Å²) in [4.78, 5) is 5.78. The van der Waals surface area contributed by atoms with E-state index in [-0.39, 0.29) is 0 Å². The second kappa shape index (κ2) is 5.83. The lowest BCUT2D eigenvalue weighted by atomic mass is 9.86. The average Bonchev–Trinajstić information content (AvgIpc) is 2.79. The Kier molecular flexibility index (Phi) is 3.92. The minimum Gasteiger partial charge on any atom is -0.498 e. The smallest absolute Gasteiger partial charge is 0.104 e. The van der Waals surface area contributed by atoms with E-state index in [1.807, 2.05) is 18.3 Å². The molecule has 1 fully saturated rings. The summed E-state index contributed by atoms with van der Waals surface area (Å²) < 4.78 is 5.83. The molecule has 0 amide bonds. The van der Waals surface area contributed by atoms with E-state index in [2.05, 4.69) is 24.1 Å². The molecular weight excluding hydrogens is 254 g/mol. The fourth-order valence-electron chi connectivity index (χ4n) is 2.87. The van der Waals surface area contributed by atoms with E-state index in [0.29, 0.717) is 5.92 Å². The van der Waals surface area contributed by atoms with Crippen molar-refractivity contribution >= 4 is 11.8 Å². The van der Waals surface area contributed by atoms with E-state index in [4.69, 9.17) is 4.74 Å². The normalized spacial score (nSPS) is 22.2. The summed E-state index contributed by atoms with van der Waals surface area (Å²) in [6.45, 7) is 2.82. The third-order valence-corrected chi connectivity index (χ3v) is 4.76. The lowest BCUT2D eigenvalue weighted by molar-refractivity contribution is 0.194. The first-order chi connectivity index (χ1) is 9.38. The maximum Gasteiger partial charge on any atom is 0.104 e. The van der Waals surface area contributed by atoms with Gasteiger partial charge in [-0.25, -0.2) is 4.98 Å². The molecule has 3 rings (SSSR count). The molecule has 0 spiro atoms. The van der Waals surface area contributed by atoms with Gasteiger partial charge in [-0.05, 0) is 50.0 Å². The minimum absolute atomic E-state index is 0.542. The van der Waals surface area contributed by atoms with Crippen LogP contribution in [0.1, 0.15) is 32.6 Å². The van der Waals surface area contributed by atoms with Crippen LogP contribution in [0.15, 0.2) is 51.7 Å². The molecule has 0 aromatic carbocycles. The number of allylic oxidation sites excluding steroid dienone is 2. The number of fused-ring (bicyclic) bond motifs is 1. The number of hydrogen-bond acceptors (Lipinski definition) is 3. The summed E-state index contributed by atoms with van der Waals surface area (Å²) in [5, 5.41) is 1.07. The van der Waals surface area contributed by atoms with Crippen molar-refractivity contribution in [3.05, 3.63) is 46.7 Å². The van der Waals surface area contributed by atoms with E-state index in [9.17, 15) is 0 Å². The van der Waals surface area contributed by atoms with E-state index in [1.165, 1.54) is 36.3 Å². The van der Waals surface area contributed by atoms with Gasteiger partial charge in [0, 0.05) is 17.0 Å². The second-order valence-corrected chi connectivity index (χ2v) is 6.00. The highest BCUT2D eigenvalue weighted by Crippen LogP contribution is 2.46. The highest BCUT2D eigenvalue weighted by molar-refractivity contribution is 8.03. The van der Waals surface area contributed by atoms with Gasteiger partial charge in [0.05, 0.1) is 6.61 Å². The first kappa shape index (κ1) is 12.8. The molecule has 1 aromatic rings. The molecule has 1 heterocycles. The van der Waals surface area contributed by atoms with Crippen molar-refractivity contribution in [2.75, 3.05) is 6.61 Å². The van der Waals surface area contributed by atoms with Crippen molar-refractivity contribution in [2.24, 2.45) is 5.92 Å². The van der Waals surface area contributed by atoms with Gasteiger partial charge in [-0.1, -0.05) is 24.2 Å². The second-order valence-electron chi connectivity index (χ2n) is 4.94. The van der Waals surface area contributed by atoms with Crippen LogP contribution in [0, 0.1) is 5.92 Å². The lowest BCUT2D eigenvalue weighted by Gasteiger charge is -2.24. The largest absolute Gasteiger partial charge is 0.498 e. The van der Waals surface area contributed by atoms with E-state index in [1.54, 1.807) is 17.3 Å². The number of pyridine rings is 1. The Morgan fingerprint density at radius 2 is 2.32 bits per heavy atom. The van der Waals surface area contributed by atoms with Gasteiger partial charge in [0.1, 0.15) is 10.8 Å². The van der Waals surface area contributed by atoms with Crippen molar-refractivity contribution in [1.29, 1.82) is 0 Å². The van der Waals surface area contributed by atoms with Crippen LogP contribution in [0.2, 0.25) is 0 Å². The van der Waals surface area contributed by atoms with Crippen LogP contribution in [-0.2, 0) is 4.74 Å². The van der Waals surface area contributed by atoms with Crippen molar-refractivity contribution in [3.8, 4) is 0 Å². The first-order valence-electron chi connectivity index (χ1n) is 7.05. The van der Waals surface area contributed by atoms with Gasteiger partial charge in [0.15, 0.2) is 0 Å². The van der Waals surface area contributed by atoms with Crippen molar-refractivity contribution in [1.82, 2.24) is 4.98 Å². The summed E-state index contributed by atoms with van der Waals surface area (Å²) >= 11 is 1.78. The van der Waals surface area contributed by atoms with E-state index >= 15 is 0 Å². The van der Waals surface area contributed by atoms with Crippen LogP contribution in [0.3, 0.4) is 0 Å². The van der Waals surface area contributed by atoms with Crippen LogP contribution in [0.4, 0.5) is 0 Å². The van der Waals surface area contributed by atoms with Gasteiger partial charge >= 0.3 is 0 Å². The fourth-order valence-corrected chi connectivity index (χ4v) is 3.90. The topological polar surface area (TPSA) is 22.1 Å². The minimum atomic E-state index is 0.542. The molecule has 1 saturated carbocycles. The number of thioether (sulfide) groups is 1. The van der Waals surface area contributed by atoms with Gasteiger partial charge < -0.3 is 4.74 Å². The van der Waals surface area contributed by atoms with Gasteiger partial charge in [-0.2, -0.15) is 0 Å². The Bertz CT molecular complexity index is 507. The van der Waals surface area contributed by atoms with Crippen molar-refractivity contribution < 1.29 is 4.74 Å². The molecule has 3 heteroatoms. The van der Waals surface area contributed by atoms with Gasteiger partial charge in [-0.3, -0.25) is 0 Å². The van der Waals surface area contributed by atoms with Crippen LogP contribution >= 0.6 is 11.8 Å². The fraction of sp³-hybridized carbons (Fsp3) is 0.438. The molecule has 0 N–H and O–H groups in total. The highest BCUT2D eigenvalue weighted by atomic mass is 32.2. The quantitative estimate of drug-likeness (QED) is 0.803. The van der Waals surface area contributed by atoms with Crippen LogP contribution in [0.5, 0.6) is 0 Å². The SMILES string of the molecule is CCOC1=CC(Sc2ccccn2)=C2CCCC[C@@H]12. The Morgan fingerprint density at radius 1 is 1.37 bits per heavy atom. The van der Waals surface area contributed by atoms with Gasteiger partial charge in [0.25, 0.3) is 0 Å². The molecule has 1 atom stereocenters. The monoisotopic (exact) mass is 273 g/mol. The molecule has 0 aliphatic heterocycles. The molecule has 0 bridgehead atoms. The third kappa shape index (κ3) is 2.71. The summed E-state index contributed by atoms with van der Waals surface area (Å²) in [5.74, 6) is 1.72. The van der Waals surface area contributed by atoms with E-state index < -0.39 is 0 Å². The molecular formula is C16H19NOS. The number of rotatable bonds is 4. The Morgan fingerprint density at radius 3 is 3.11 bits per heavy atom. The molecule has 2 aliphatic carbocycles. The summed E-state index contributed by atoms with van der Waals surface area (Å²) in [6, 6.07) is 6.07. The molecule has 0 radical (unpaired) electrons. The van der Waals surface area contributed by atoms with Crippen LogP contribution in [0.25, 0.3) is 0 Å². The maximum absolute atomic E-state index is 5.83. The van der Waals surface area contributed by atoms with Crippen LogP contribution in [-0.4, -0.2) is 11.6 Å². The average molecular weight is 273 g/mol. The Balaban J connectivity index is 1.84. The standard InChI is InChI=1S/C16H19NOS/c1-2-18-14-11-15(13-8-4-3-7-12(13)14)19-16-9-5-6-10-17-16/h5-6,9-12H,2-4,7-8H2,1H3/t12-/m1/s1. The molecule has 0 saturated heterocycles. The zero-order valence-corrected chi connectivity index (χ0v) is 12.1. The number of hydrogen-bond donors (Lipinski definition) is 0. The summed E-state index contributed by atoms with van der Waals surface area (Å²) in [7, 11) is 0. The Hall–Kier alpha value is -1.22. The molecule has 100 valence electrons. The highest BCUT2D eigenvalue weighted by Gasteiger charge is 2.31. The van der Waals surface area contributed by atoms with E-state index in [0.717, 1.165) is 11.6 Å². The molecule has 2 aliphatic rings. The maximum atomic E-state index is 5.83. The number of ether oxygens (including phenoxy) is 1. The first-order valence-corrected chi connectivity index (χ1v) is 7.86.